The van der Waals surface area contributed by atoms with Gasteiger partial charge in [-0.2, -0.15) is 4.98 Å². The number of para-hydroxylation sites is 1. The molecule has 0 aliphatic carbocycles. The maximum Gasteiger partial charge on any atom is 0.229 e. The SMILES string of the molecule is CNc1nc(Nc2ccc(C)cc2C)nc2ccccc12. The van der Waals surface area contributed by atoms with Gasteiger partial charge in [0.2, 0.25) is 5.95 Å². The largest absolute Gasteiger partial charge is 0.372 e. The fraction of sp³-hybridized carbons (Fsp3) is 0.176. The van der Waals surface area contributed by atoms with Crippen molar-refractivity contribution in [3.05, 3.63) is 53.6 Å². The van der Waals surface area contributed by atoms with E-state index in [1.54, 1.807) is 0 Å². The van der Waals surface area contributed by atoms with Crippen LogP contribution in [0.3, 0.4) is 0 Å². The fourth-order valence-electron chi connectivity index (χ4n) is 2.40. The quantitative estimate of drug-likeness (QED) is 0.759. The van der Waals surface area contributed by atoms with Gasteiger partial charge in [-0.05, 0) is 37.6 Å². The lowest BCUT2D eigenvalue weighted by atomic mass is 10.1. The number of hydrogen-bond donors (Lipinski definition) is 2. The van der Waals surface area contributed by atoms with Gasteiger partial charge in [0.15, 0.2) is 0 Å². The summed E-state index contributed by atoms with van der Waals surface area (Å²) < 4.78 is 0. The topological polar surface area (TPSA) is 49.8 Å². The molecule has 0 bridgehead atoms. The third-order valence-corrected chi connectivity index (χ3v) is 3.47. The second-order valence-electron chi connectivity index (χ2n) is 5.11. The Morgan fingerprint density at radius 3 is 2.52 bits per heavy atom. The molecule has 0 unspecified atom stereocenters. The molecule has 21 heavy (non-hydrogen) atoms. The van der Waals surface area contributed by atoms with E-state index in [1.807, 2.05) is 31.3 Å². The molecule has 0 amide bonds. The van der Waals surface area contributed by atoms with Crippen LogP contribution in [0.4, 0.5) is 17.5 Å². The van der Waals surface area contributed by atoms with E-state index in [4.69, 9.17) is 0 Å². The van der Waals surface area contributed by atoms with Gasteiger partial charge in [-0.25, -0.2) is 4.98 Å². The predicted molar refractivity (Wildman–Crippen MR) is 88.3 cm³/mol. The Morgan fingerprint density at radius 2 is 1.76 bits per heavy atom. The lowest BCUT2D eigenvalue weighted by Gasteiger charge is -2.11. The van der Waals surface area contributed by atoms with Crippen molar-refractivity contribution in [1.29, 1.82) is 0 Å². The Bertz CT molecular complexity index is 796. The molecular weight excluding hydrogens is 260 g/mol. The summed E-state index contributed by atoms with van der Waals surface area (Å²) in [5, 5.41) is 7.45. The molecule has 1 heterocycles. The van der Waals surface area contributed by atoms with Crippen molar-refractivity contribution in [1.82, 2.24) is 9.97 Å². The minimum Gasteiger partial charge on any atom is -0.372 e. The highest BCUT2D eigenvalue weighted by molar-refractivity contribution is 5.90. The van der Waals surface area contributed by atoms with Crippen molar-refractivity contribution >= 4 is 28.4 Å². The first-order valence-corrected chi connectivity index (χ1v) is 6.96. The zero-order chi connectivity index (χ0) is 14.8. The molecule has 0 aliphatic heterocycles. The Balaban J connectivity index is 2.04. The standard InChI is InChI=1S/C17H18N4/c1-11-8-9-14(12(2)10-11)19-17-20-15-7-5-4-6-13(15)16(18-3)21-17/h4-10H,1-3H3,(H2,18,19,20,21). The van der Waals surface area contributed by atoms with Crippen LogP contribution < -0.4 is 10.6 Å². The number of benzene rings is 2. The summed E-state index contributed by atoms with van der Waals surface area (Å²) in [6.45, 7) is 4.16. The third-order valence-electron chi connectivity index (χ3n) is 3.47. The fourth-order valence-corrected chi connectivity index (χ4v) is 2.40. The van der Waals surface area contributed by atoms with E-state index in [1.165, 1.54) is 11.1 Å². The van der Waals surface area contributed by atoms with Crippen LogP contribution in [-0.2, 0) is 0 Å². The number of anilines is 3. The van der Waals surface area contributed by atoms with E-state index in [-0.39, 0.29) is 0 Å². The van der Waals surface area contributed by atoms with Crippen molar-refractivity contribution in [3.8, 4) is 0 Å². The lowest BCUT2D eigenvalue weighted by Crippen LogP contribution is -2.03. The molecule has 2 N–H and O–H groups in total. The van der Waals surface area contributed by atoms with Gasteiger partial charge >= 0.3 is 0 Å². The van der Waals surface area contributed by atoms with Crippen LogP contribution in [0, 0.1) is 13.8 Å². The van der Waals surface area contributed by atoms with Crippen molar-refractivity contribution in [2.45, 2.75) is 13.8 Å². The molecule has 0 fully saturated rings. The maximum atomic E-state index is 4.58. The molecule has 0 atom stereocenters. The zero-order valence-electron chi connectivity index (χ0n) is 12.4. The monoisotopic (exact) mass is 278 g/mol. The minimum absolute atomic E-state index is 0.602. The molecule has 2 aromatic carbocycles. The Hall–Kier alpha value is -2.62. The smallest absolute Gasteiger partial charge is 0.229 e. The summed E-state index contributed by atoms with van der Waals surface area (Å²) in [7, 11) is 1.87. The van der Waals surface area contributed by atoms with Crippen LogP contribution in [0.15, 0.2) is 42.5 Å². The third kappa shape index (κ3) is 2.65. The lowest BCUT2D eigenvalue weighted by molar-refractivity contribution is 1.19. The van der Waals surface area contributed by atoms with Crippen LogP contribution in [0.25, 0.3) is 10.9 Å². The summed E-state index contributed by atoms with van der Waals surface area (Å²) in [6.07, 6.45) is 0. The highest BCUT2D eigenvalue weighted by Crippen LogP contribution is 2.24. The summed E-state index contributed by atoms with van der Waals surface area (Å²) in [5.41, 5.74) is 4.37. The van der Waals surface area contributed by atoms with E-state index in [2.05, 4.69) is 52.6 Å². The summed E-state index contributed by atoms with van der Waals surface area (Å²) in [4.78, 5) is 9.13. The molecule has 4 heteroatoms. The van der Waals surface area contributed by atoms with Crippen LogP contribution in [0.5, 0.6) is 0 Å². The van der Waals surface area contributed by atoms with Crippen LogP contribution in [0.2, 0.25) is 0 Å². The summed E-state index contributed by atoms with van der Waals surface area (Å²) >= 11 is 0. The van der Waals surface area contributed by atoms with Crippen molar-refractivity contribution in [2.75, 3.05) is 17.7 Å². The number of fused-ring (bicyclic) bond motifs is 1. The van der Waals surface area contributed by atoms with E-state index in [0.29, 0.717) is 5.95 Å². The highest BCUT2D eigenvalue weighted by atomic mass is 15.1. The van der Waals surface area contributed by atoms with E-state index in [9.17, 15) is 0 Å². The molecule has 3 aromatic rings. The number of nitrogens with zero attached hydrogens (tertiary/aromatic N) is 2. The van der Waals surface area contributed by atoms with E-state index < -0.39 is 0 Å². The van der Waals surface area contributed by atoms with Crippen LogP contribution >= 0.6 is 0 Å². The van der Waals surface area contributed by atoms with Crippen LogP contribution in [0.1, 0.15) is 11.1 Å². The first kappa shape index (κ1) is 13.4. The second kappa shape index (κ2) is 5.40. The van der Waals surface area contributed by atoms with Gasteiger partial charge in [-0.3, -0.25) is 0 Å². The second-order valence-corrected chi connectivity index (χ2v) is 5.11. The molecule has 1 aromatic heterocycles. The van der Waals surface area contributed by atoms with Crippen LogP contribution in [-0.4, -0.2) is 17.0 Å². The number of hydrogen-bond acceptors (Lipinski definition) is 4. The first-order chi connectivity index (χ1) is 10.2. The highest BCUT2D eigenvalue weighted by Gasteiger charge is 2.07. The molecule has 0 saturated heterocycles. The zero-order valence-corrected chi connectivity index (χ0v) is 12.4. The Kier molecular flexibility index (Phi) is 3.44. The van der Waals surface area contributed by atoms with Gasteiger partial charge in [0.25, 0.3) is 0 Å². The normalized spacial score (nSPS) is 10.6. The van der Waals surface area contributed by atoms with Gasteiger partial charge < -0.3 is 10.6 Å². The number of aryl methyl sites for hydroxylation is 2. The molecule has 0 saturated carbocycles. The molecule has 106 valence electrons. The van der Waals surface area contributed by atoms with E-state index in [0.717, 1.165) is 22.4 Å². The molecular formula is C17H18N4. The van der Waals surface area contributed by atoms with E-state index >= 15 is 0 Å². The molecule has 4 nitrogen and oxygen atoms in total. The summed E-state index contributed by atoms with van der Waals surface area (Å²) in [6, 6.07) is 14.3. The number of rotatable bonds is 3. The molecule has 0 spiro atoms. The average Bonchev–Trinajstić information content (AvgIpc) is 2.49. The first-order valence-electron chi connectivity index (χ1n) is 6.96. The average molecular weight is 278 g/mol. The van der Waals surface area contributed by atoms with Gasteiger partial charge in [-0.15, -0.1) is 0 Å². The summed E-state index contributed by atoms with van der Waals surface area (Å²) in [5.74, 6) is 1.43. The van der Waals surface area contributed by atoms with Crippen molar-refractivity contribution in [2.24, 2.45) is 0 Å². The molecule has 3 rings (SSSR count). The van der Waals surface area contributed by atoms with Gasteiger partial charge in [0, 0.05) is 18.1 Å². The minimum atomic E-state index is 0.602. The Morgan fingerprint density at radius 1 is 0.952 bits per heavy atom. The van der Waals surface area contributed by atoms with Gasteiger partial charge in [0.1, 0.15) is 5.82 Å². The molecule has 0 radical (unpaired) electrons. The molecule has 0 aliphatic rings. The number of nitrogens with one attached hydrogen (secondary N) is 2. The maximum absolute atomic E-state index is 4.58. The van der Waals surface area contributed by atoms with Gasteiger partial charge in [0.05, 0.1) is 5.52 Å². The Labute approximate surface area is 124 Å². The van der Waals surface area contributed by atoms with Crippen molar-refractivity contribution < 1.29 is 0 Å². The number of aromatic nitrogens is 2. The predicted octanol–water partition coefficient (Wildman–Crippen LogP) is 4.03. The van der Waals surface area contributed by atoms with Gasteiger partial charge in [-0.1, -0.05) is 29.8 Å². The van der Waals surface area contributed by atoms with Crippen molar-refractivity contribution in [3.63, 3.8) is 0 Å².